The summed E-state index contributed by atoms with van der Waals surface area (Å²) in [5.74, 6) is 0. The molecule has 0 fully saturated rings. The van der Waals surface area contributed by atoms with Crippen LogP contribution in [0.1, 0.15) is 0 Å². The monoisotopic (exact) mass is 299 g/mol. The van der Waals surface area contributed by atoms with Crippen molar-refractivity contribution in [2.45, 2.75) is 0 Å². The molecule has 2 heterocycles. The smallest absolute Gasteiger partial charge is 0.299 e. The summed E-state index contributed by atoms with van der Waals surface area (Å²) in [6.07, 6.45) is 2.85. The highest BCUT2D eigenvalue weighted by Crippen LogP contribution is 2.23. The molecule has 0 saturated heterocycles. The van der Waals surface area contributed by atoms with Gasteiger partial charge >= 0.3 is 6.09 Å². The van der Waals surface area contributed by atoms with Gasteiger partial charge in [-0.3, -0.25) is 9.74 Å². The van der Waals surface area contributed by atoms with Crippen molar-refractivity contribution in [1.82, 2.24) is 9.94 Å². The molecule has 5 nitrogen and oxygen atoms in total. The number of carbonyl (C=O) groups is 1. The lowest BCUT2D eigenvalue weighted by atomic mass is 10.3. The van der Waals surface area contributed by atoms with Gasteiger partial charge in [-0.2, -0.15) is 0 Å². The minimum Gasteiger partial charge on any atom is -0.299 e. The third kappa shape index (κ3) is 2.95. The van der Waals surface area contributed by atoms with Gasteiger partial charge in [-0.05, 0) is 23.6 Å². The summed E-state index contributed by atoms with van der Waals surface area (Å²) >= 11 is 1.61. The maximum absolute atomic E-state index is 12.1. The number of hydrogen-bond acceptors (Lipinski definition) is 4. The van der Waals surface area contributed by atoms with E-state index >= 15 is 0 Å². The molecule has 0 aliphatic rings. The molecule has 106 valence electrons. The zero-order valence-electron chi connectivity index (χ0n) is 11.3. The molecule has 3 rings (SSSR count). The topological polar surface area (TPSA) is 47.4 Å². The highest BCUT2D eigenvalue weighted by Gasteiger charge is 2.14. The van der Waals surface area contributed by atoms with E-state index in [2.05, 4.69) is 5.10 Å². The van der Waals surface area contributed by atoms with Crippen molar-refractivity contribution >= 4 is 23.1 Å². The maximum atomic E-state index is 12.1. The molecule has 0 spiro atoms. The number of rotatable bonds is 3. The maximum Gasteiger partial charge on any atom is 0.440 e. The average Bonchev–Trinajstić information content (AvgIpc) is 3.18. The van der Waals surface area contributed by atoms with Crippen LogP contribution >= 0.6 is 11.3 Å². The van der Waals surface area contributed by atoms with Crippen LogP contribution in [0.5, 0.6) is 0 Å². The van der Waals surface area contributed by atoms with Crippen LogP contribution in [0.15, 0.2) is 60.2 Å². The van der Waals surface area contributed by atoms with Crippen LogP contribution in [0.25, 0.3) is 10.4 Å². The number of para-hydroxylation sites is 1. The third-order valence-corrected chi connectivity index (χ3v) is 3.87. The van der Waals surface area contributed by atoms with Gasteiger partial charge in [-0.25, -0.2) is 4.79 Å². The van der Waals surface area contributed by atoms with Crippen molar-refractivity contribution in [3.05, 3.63) is 60.2 Å². The lowest BCUT2D eigenvalue weighted by Crippen LogP contribution is -2.34. The molecular formula is C15H13N3O2S. The van der Waals surface area contributed by atoms with E-state index in [1.54, 1.807) is 30.8 Å². The Kier molecular flexibility index (Phi) is 3.70. The molecule has 0 aliphatic carbocycles. The third-order valence-electron chi connectivity index (χ3n) is 2.95. The molecule has 21 heavy (non-hydrogen) atoms. The summed E-state index contributed by atoms with van der Waals surface area (Å²) in [4.78, 5) is 20.9. The van der Waals surface area contributed by atoms with Crippen molar-refractivity contribution in [3.8, 4) is 10.4 Å². The summed E-state index contributed by atoms with van der Waals surface area (Å²) in [6, 6.07) is 13.2. The van der Waals surface area contributed by atoms with Crippen LogP contribution in [0, 0.1) is 0 Å². The quantitative estimate of drug-likeness (QED) is 0.745. The standard InChI is InChI=1S/C15H13N3O2S/c1-17(13-6-3-2-4-7-13)15(19)20-18-11-12(10-16-18)14-8-5-9-21-14/h2-11H,1H3. The van der Waals surface area contributed by atoms with Crippen LogP contribution in [0.2, 0.25) is 0 Å². The Balaban J connectivity index is 1.71. The molecule has 0 radical (unpaired) electrons. The van der Waals surface area contributed by atoms with Crippen LogP contribution in [-0.4, -0.2) is 23.1 Å². The number of benzene rings is 1. The Hall–Kier alpha value is -2.60. The van der Waals surface area contributed by atoms with Gasteiger partial charge in [0.2, 0.25) is 0 Å². The molecule has 0 N–H and O–H groups in total. The number of carbonyl (C=O) groups excluding carboxylic acids is 1. The van der Waals surface area contributed by atoms with Gasteiger partial charge in [0.05, 0.1) is 12.4 Å². The average molecular weight is 299 g/mol. The SMILES string of the molecule is CN(C(=O)On1cc(-c2cccs2)cn1)c1ccccc1. The summed E-state index contributed by atoms with van der Waals surface area (Å²) in [5.41, 5.74) is 1.67. The van der Waals surface area contributed by atoms with Crippen molar-refractivity contribution < 1.29 is 9.63 Å². The lowest BCUT2D eigenvalue weighted by Gasteiger charge is -2.15. The van der Waals surface area contributed by atoms with Crippen LogP contribution < -0.4 is 9.74 Å². The second kappa shape index (κ2) is 5.80. The number of thiophene rings is 1. The summed E-state index contributed by atoms with van der Waals surface area (Å²) in [5, 5.41) is 6.03. The Labute approximate surface area is 126 Å². The first-order valence-electron chi connectivity index (χ1n) is 6.33. The predicted octanol–water partition coefficient (Wildman–Crippen LogP) is 3.30. The van der Waals surface area contributed by atoms with E-state index < -0.39 is 6.09 Å². The van der Waals surface area contributed by atoms with Gasteiger partial charge in [0.25, 0.3) is 0 Å². The molecule has 6 heteroatoms. The summed E-state index contributed by atoms with van der Waals surface area (Å²) < 4.78 is 0. The van der Waals surface area contributed by atoms with Crippen LogP contribution in [0.3, 0.4) is 0 Å². The highest BCUT2D eigenvalue weighted by atomic mass is 32.1. The van der Waals surface area contributed by atoms with E-state index in [-0.39, 0.29) is 0 Å². The van der Waals surface area contributed by atoms with E-state index in [4.69, 9.17) is 4.84 Å². The Morgan fingerprint density at radius 1 is 1.24 bits per heavy atom. The first kappa shape index (κ1) is 13.4. The first-order chi connectivity index (χ1) is 10.2. The second-order valence-electron chi connectivity index (χ2n) is 4.36. The Morgan fingerprint density at radius 3 is 2.76 bits per heavy atom. The minimum absolute atomic E-state index is 0.498. The van der Waals surface area contributed by atoms with Gasteiger partial charge in [-0.15, -0.1) is 16.4 Å². The molecule has 2 aromatic heterocycles. The Bertz CT molecular complexity index is 722. The number of amides is 1. The molecule has 1 amide bonds. The molecule has 3 aromatic rings. The van der Waals surface area contributed by atoms with Gasteiger partial charge in [0, 0.05) is 23.2 Å². The zero-order chi connectivity index (χ0) is 14.7. The first-order valence-corrected chi connectivity index (χ1v) is 7.21. The number of hydrogen-bond donors (Lipinski definition) is 0. The highest BCUT2D eigenvalue weighted by molar-refractivity contribution is 7.13. The fourth-order valence-electron chi connectivity index (χ4n) is 1.82. The van der Waals surface area contributed by atoms with E-state index in [0.717, 1.165) is 16.1 Å². The van der Waals surface area contributed by atoms with Crippen molar-refractivity contribution in [2.75, 3.05) is 11.9 Å². The molecule has 0 atom stereocenters. The van der Waals surface area contributed by atoms with E-state index in [0.29, 0.717) is 0 Å². The largest absolute Gasteiger partial charge is 0.440 e. The van der Waals surface area contributed by atoms with Crippen molar-refractivity contribution in [3.63, 3.8) is 0 Å². The van der Waals surface area contributed by atoms with E-state index in [1.807, 2.05) is 47.8 Å². The van der Waals surface area contributed by atoms with Gasteiger partial charge in [0.15, 0.2) is 0 Å². The van der Waals surface area contributed by atoms with Crippen LogP contribution in [0.4, 0.5) is 10.5 Å². The lowest BCUT2D eigenvalue weighted by molar-refractivity contribution is 0.124. The molecule has 0 aliphatic heterocycles. The molecule has 1 aromatic carbocycles. The number of nitrogens with zero attached hydrogens (tertiary/aromatic N) is 3. The number of anilines is 1. The van der Waals surface area contributed by atoms with Crippen molar-refractivity contribution in [2.24, 2.45) is 0 Å². The summed E-state index contributed by atoms with van der Waals surface area (Å²) in [6.45, 7) is 0. The normalized spacial score (nSPS) is 10.3. The van der Waals surface area contributed by atoms with Gasteiger partial charge in [0.1, 0.15) is 0 Å². The van der Waals surface area contributed by atoms with E-state index in [1.165, 1.54) is 9.75 Å². The predicted molar refractivity (Wildman–Crippen MR) is 82.4 cm³/mol. The van der Waals surface area contributed by atoms with Gasteiger partial charge < -0.3 is 0 Å². The summed E-state index contributed by atoms with van der Waals surface area (Å²) in [7, 11) is 1.65. The van der Waals surface area contributed by atoms with Gasteiger partial charge in [-0.1, -0.05) is 29.1 Å². The molecule has 0 bridgehead atoms. The molecular weight excluding hydrogens is 286 g/mol. The molecule has 0 saturated carbocycles. The minimum atomic E-state index is -0.498. The van der Waals surface area contributed by atoms with E-state index in [9.17, 15) is 4.79 Å². The molecule has 0 unspecified atom stereocenters. The fourth-order valence-corrected chi connectivity index (χ4v) is 2.53. The fraction of sp³-hybridized carbons (Fsp3) is 0.0667. The van der Waals surface area contributed by atoms with Crippen molar-refractivity contribution in [1.29, 1.82) is 0 Å². The Morgan fingerprint density at radius 2 is 2.05 bits per heavy atom. The number of aromatic nitrogens is 2. The van der Waals surface area contributed by atoms with Crippen LogP contribution in [-0.2, 0) is 0 Å². The zero-order valence-corrected chi connectivity index (χ0v) is 12.2. The second-order valence-corrected chi connectivity index (χ2v) is 5.31.